The summed E-state index contributed by atoms with van der Waals surface area (Å²) in [6, 6.07) is 11.6. The molecule has 2 N–H and O–H groups in total. The molecule has 3 aromatic rings. The zero-order chi connectivity index (χ0) is 24.4. The lowest BCUT2D eigenvalue weighted by Gasteiger charge is -2.25. The van der Waals surface area contributed by atoms with E-state index in [4.69, 9.17) is 21.1 Å². The molecule has 174 valence electrons. The number of methoxy groups -OCH3 is 2. The SMILES string of the molecule is COc1cc(/C(O)=C2\C(=O)C(=O)N(Cc3cccnc3)C2c2ccc(O)cc2)c(OC)cc1Cl. The van der Waals surface area contributed by atoms with E-state index in [0.717, 1.165) is 0 Å². The monoisotopic (exact) mass is 480 g/mol. The summed E-state index contributed by atoms with van der Waals surface area (Å²) in [6.45, 7) is 0.0851. The number of Topliss-reactive ketones (excluding diaryl/α,β-unsaturated/α-hetero) is 1. The summed E-state index contributed by atoms with van der Waals surface area (Å²) in [5, 5.41) is 21.3. The number of hydrogen-bond acceptors (Lipinski definition) is 7. The summed E-state index contributed by atoms with van der Waals surface area (Å²) >= 11 is 6.19. The first kappa shape index (κ1) is 23.1. The average molecular weight is 481 g/mol. The lowest BCUT2D eigenvalue weighted by Crippen LogP contribution is -2.29. The van der Waals surface area contributed by atoms with Crippen molar-refractivity contribution in [2.75, 3.05) is 14.2 Å². The maximum atomic E-state index is 13.2. The maximum Gasteiger partial charge on any atom is 0.295 e. The van der Waals surface area contributed by atoms with Crippen LogP contribution in [0.3, 0.4) is 0 Å². The molecular weight excluding hydrogens is 460 g/mol. The number of aliphatic hydroxyl groups excluding tert-OH is 1. The van der Waals surface area contributed by atoms with Gasteiger partial charge >= 0.3 is 0 Å². The molecule has 1 amide bonds. The van der Waals surface area contributed by atoms with Gasteiger partial charge in [0.1, 0.15) is 23.0 Å². The minimum Gasteiger partial charge on any atom is -0.508 e. The standard InChI is InChI=1S/C25H21ClN2O6/c1-33-19-11-18(26)20(34-2)10-17(19)23(30)21-22(15-5-7-16(29)8-6-15)28(25(32)24(21)31)13-14-4-3-9-27-12-14/h3-12,22,29-30H,13H2,1-2H3/b23-21+. The highest BCUT2D eigenvalue weighted by Crippen LogP contribution is 2.43. The van der Waals surface area contributed by atoms with E-state index in [-0.39, 0.29) is 40.0 Å². The number of amides is 1. The van der Waals surface area contributed by atoms with Crippen LogP contribution >= 0.6 is 11.6 Å². The van der Waals surface area contributed by atoms with Crippen LogP contribution in [0.2, 0.25) is 5.02 Å². The van der Waals surface area contributed by atoms with Crippen LogP contribution in [0, 0.1) is 0 Å². The number of rotatable bonds is 6. The highest BCUT2D eigenvalue weighted by molar-refractivity contribution is 6.46. The van der Waals surface area contributed by atoms with Crippen LogP contribution in [-0.2, 0) is 16.1 Å². The van der Waals surface area contributed by atoms with Crippen LogP contribution in [0.15, 0.2) is 66.5 Å². The van der Waals surface area contributed by atoms with Crippen LogP contribution in [0.25, 0.3) is 5.76 Å². The number of carbonyl (C=O) groups is 2. The zero-order valence-electron chi connectivity index (χ0n) is 18.4. The van der Waals surface area contributed by atoms with Gasteiger partial charge in [0.2, 0.25) is 0 Å². The fourth-order valence-electron chi connectivity index (χ4n) is 3.93. The number of aromatic hydroxyl groups is 1. The van der Waals surface area contributed by atoms with E-state index in [1.54, 1.807) is 36.7 Å². The molecule has 0 aliphatic carbocycles. The number of aliphatic hydroxyl groups is 1. The number of ether oxygens (including phenoxy) is 2. The highest BCUT2D eigenvalue weighted by atomic mass is 35.5. The van der Waals surface area contributed by atoms with E-state index < -0.39 is 23.5 Å². The number of likely N-dealkylation sites (tertiary alicyclic amines) is 1. The first-order chi connectivity index (χ1) is 16.3. The lowest BCUT2D eigenvalue weighted by molar-refractivity contribution is -0.140. The number of phenols is 1. The second kappa shape index (κ2) is 9.44. The van der Waals surface area contributed by atoms with Crippen LogP contribution in [0.5, 0.6) is 17.2 Å². The van der Waals surface area contributed by atoms with Crippen molar-refractivity contribution >= 4 is 29.1 Å². The smallest absolute Gasteiger partial charge is 0.295 e. The first-order valence-electron chi connectivity index (χ1n) is 10.2. The topological polar surface area (TPSA) is 109 Å². The Morgan fingerprint density at radius 1 is 1.09 bits per heavy atom. The summed E-state index contributed by atoms with van der Waals surface area (Å²) in [5.74, 6) is -1.58. The summed E-state index contributed by atoms with van der Waals surface area (Å²) in [6.07, 6.45) is 3.20. The van der Waals surface area contributed by atoms with E-state index >= 15 is 0 Å². The average Bonchev–Trinajstić information content (AvgIpc) is 3.09. The Morgan fingerprint density at radius 3 is 2.41 bits per heavy atom. The quantitative estimate of drug-likeness (QED) is 0.311. The third-order valence-electron chi connectivity index (χ3n) is 5.55. The predicted molar refractivity (Wildman–Crippen MR) is 125 cm³/mol. The van der Waals surface area contributed by atoms with E-state index in [9.17, 15) is 19.8 Å². The fraction of sp³-hybridized carbons (Fsp3) is 0.160. The van der Waals surface area contributed by atoms with Gasteiger partial charge in [-0.1, -0.05) is 29.8 Å². The van der Waals surface area contributed by atoms with E-state index in [1.807, 2.05) is 0 Å². The van der Waals surface area contributed by atoms with Crippen molar-refractivity contribution in [1.29, 1.82) is 0 Å². The summed E-state index contributed by atoms with van der Waals surface area (Å²) in [5.41, 5.74) is 1.26. The van der Waals surface area contributed by atoms with Crippen molar-refractivity contribution in [3.8, 4) is 17.2 Å². The molecule has 9 heteroatoms. The van der Waals surface area contributed by atoms with E-state index in [2.05, 4.69) is 4.98 Å². The predicted octanol–water partition coefficient (Wildman–Crippen LogP) is 4.08. The number of ketones is 1. The second-order valence-corrected chi connectivity index (χ2v) is 7.97. The Kier molecular flexibility index (Phi) is 6.43. The molecule has 2 aromatic carbocycles. The minimum atomic E-state index is -0.924. The molecule has 4 rings (SSSR count). The lowest BCUT2D eigenvalue weighted by atomic mass is 9.94. The molecule has 0 saturated carbocycles. The van der Waals surface area contributed by atoms with E-state index in [0.29, 0.717) is 11.1 Å². The molecule has 1 aliphatic rings. The molecule has 1 unspecified atom stereocenters. The van der Waals surface area contributed by atoms with Gasteiger partial charge in [0.05, 0.1) is 36.4 Å². The molecule has 0 radical (unpaired) electrons. The molecule has 1 saturated heterocycles. The Labute approximate surface area is 200 Å². The number of carbonyl (C=O) groups excluding carboxylic acids is 2. The third-order valence-corrected chi connectivity index (χ3v) is 5.85. The number of benzene rings is 2. The molecule has 1 atom stereocenters. The van der Waals surface area contributed by atoms with Gasteiger partial charge in [-0.25, -0.2) is 0 Å². The fourth-order valence-corrected chi connectivity index (χ4v) is 4.16. The van der Waals surface area contributed by atoms with Gasteiger partial charge in [0.25, 0.3) is 11.7 Å². The Morgan fingerprint density at radius 2 is 1.79 bits per heavy atom. The molecule has 1 aliphatic heterocycles. The number of halogens is 1. The number of hydrogen-bond donors (Lipinski definition) is 2. The van der Waals surface area contributed by atoms with Crippen molar-refractivity contribution < 1.29 is 29.3 Å². The molecule has 8 nitrogen and oxygen atoms in total. The van der Waals surface area contributed by atoms with Crippen LogP contribution in [0.4, 0.5) is 0 Å². The van der Waals surface area contributed by atoms with Gasteiger partial charge in [-0.3, -0.25) is 14.6 Å². The highest BCUT2D eigenvalue weighted by Gasteiger charge is 2.46. The Bertz CT molecular complexity index is 1270. The second-order valence-electron chi connectivity index (χ2n) is 7.57. The molecule has 1 fully saturated rings. The third kappa shape index (κ3) is 4.15. The van der Waals surface area contributed by atoms with E-state index in [1.165, 1.54) is 43.4 Å². The van der Waals surface area contributed by atoms with Gasteiger partial charge in [0, 0.05) is 25.0 Å². The molecule has 0 bridgehead atoms. The molecule has 2 heterocycles. The molecular formula is C25H21ClN2O6. The number of nitrogens with zero attached hydrogens (tertiary/aromatic N) is 2. The van der Waals surface area contributed by atoms with Crippen molar-refractivity contribution in [2.45, 2.75) is 12.6 Å². The Hall–Kier alpha value is -4.04. The van der Waals surface area contributed by atoms with Crippen molar-refractivity contribution in [1.82, 2.24) is 9.88 Å². The number of aromatic nitrogens is 1. The van der Waals surface area contributed by atoms with Crippen molar-refractivity contribution in [3.05, 3.63) is 88.2 Å². The van der Waals surface area contributed by atoms with Gasteiger partial charge < -0.3 is 24.6 Å². The van der Waals surface area contributed by atoms with Gasteiger partial charge in [-0.05, 0) is 35.4 Å². The van der Waals surface area contributed by atoms with Crippen molar-refractivity contribution in [2.24, 2.45) is 0 Å². The first-order valence-corrected chi connectivity index (χ1v) is 10.6. The minimum absolute atomic E-state index is 0.0251. The zero-order valence-corrected chi connectivity index (χ0v) is 19.1. The number of pyridine rings is 1. The van der Waals surface area contributed by atoms with Gasteiger partial charge in [-0.2, -0.15) is 0 Å². The molecule has 34 heavy (non-hydrogen) atoms. The number of phenolic OH excluding ortho intramolecular Hbond substituents is 1. The largest absolute Gasteiger partial charge is 0.508 e. The summed E-state index contributed by atoms with van der Waals surface area (Å²) in [4.78, 5) is 31.8. The van der Waals surface area contributed by atoms with Gasteiger partial charge in [0.15, 0.2) is 0 Å². The maximum absolute atomic E-state index is 13.2. The van der Waals surface area contributed by atoms with Crippen molar-refractivity contribution in [3.63, 3.8) is 0 Å². The summed E-state index contributed by atoms with van der Waals surface area (Å²) < 4.78 is 10.6. The van der Waals surface area contributed by atoms with Crippen LogP contribution in [-0.4, -0.2) is 46.0 Å². The summed E-state index contributed by atoms with van der Waals surface area (Å²) in [7, 11) is 2.81. The normalized spacial score (nSPS) is 17.1. The molecule has 0 spiro atoms. The Balaban J connectivity index is 1.92. The van der Waals surface area contributed by atoms with Crippen LogP contribution < -0.4 is 9.47 Å². The van der Waals surface area contributed by atoms with Crippen LogP contribution in [0.1, 0.15) is 22.7 Å². The molecule has 1 aromatic heterocycles. The van der Waals surface area contributed by atoms with Gasteiger partial charge in [-0.15, -0.1) is 0 Å².